The summed E-state index contributed by atoms with van der Waals surface area (Å²) in [5, 5.41) is 20.5. The lowest BCUT2D eigenvalue weighted by Crippen LogP contribution is -2.43. The number of H-pyrrole nitrogens is 1. The van der Waals surface area contributed by atoms with Crippen molar-refractivity contribution in [3.05, 3.63) is 57.2 Å². The van der Waals surface area contributed by atoms with Crippen molar-refractivity contribution in [2.45, 2.75) is 30.9 Å². The lowest BCUT2D eigenvalue weighted by atomic mass is 10.1. The first-order valence-corrected chi connectivity index (χ1v) is 10.2. The van der Waals surface area contributed by atoms with Crippen LogP contribution in [0.5, 0.6) is 5.75 Å². The third-order valence-corrected chi connectivity index (χ3v) is 5.92. The van der Waals surface area contributed by atoms with E-state index in [-0.39, 0.29) is 17.1 Å². The topological polar surface area (TPSA) is 132 Å². The molecule has 2 aromatic rings. The summed E-state index contributed by atoms with van der Waals surface area (Å²) in [5.41, 5.74) is 0.0143. The van der Waals surface area contributed by atoms with E-state index in [1.165, 1.54) is 6.07 Å². The van der Waals surface area contributed by atoms with Gasteiger partial charge in [-0.3, -0.25) is 23.4 Å². The number of aromatic nitrogens is 2. The Morgan fingerprint density at radius 1 is 1.45 bits per heavy atom. The molecule has 2 aliphatic heterocycles. The monoisotopic (exact) mass is 447 g/mol. The average Bonchev–Trinajstić information content (AvgIpc) is 2.87. The fourth-order valence-corrected chi connectivity index (χ4v) is 4.28. The number of alkyl halides is 1. The quantitative estimate of drug-likeness (QED) is 0.472. The fraction of sp³-hybridized carbons (Fsp3) is 0.375. The van der Waals surface area contributed by atoms with Gasteiger partial charge in [0, 0.05) is 17.8 Å². The largest absolute Gasteiger partial charge is 0.530 e. The molecule has 1 aromatic heterocycles. The van der Waals surface area contributed by atoms with Crippen LogP contribution in [0.4, 0.5) is 4.39 Å². The van der Waals surface area contributed by atoms with Gasteiger partial charge in [0.1, 0.15) is 24.6 Å². The Balaban J connectivity index is 1.55. The first-order chi connectivity index (χ1) is 14.1. The Kier molecular flexibility index (Phi) is 4.87. The Bertz CT molecular complexity index is 1150. The van der Waals surface area contributed by atoms with Crippen molar-refractivity contribution in [2.75, 3.05) is 6.61 Å². The maximum Gasteiger partial charge on any atom is 0.530 e. The number of rotatable bonds is 4. The highest BCUT2D eigenvalue weighted by Gasteiger charge is 2.57. The van der Waals surface area contributed by atoms with Gasteiger partial charge >= 0.3 is 7.82 Å². The molecule has 0 aliphatic carbocycles. The molecule has 0 radical (unpaired) electrons. The minimum absolute atomic E-state index is 0.117. The lowest BCUT2D eigenvalue weighted by molar-refractivity contribution is -0.205. The summed E-state index contributed by atoms with van der Waals surface area (Å²) in [6.45, 7) is -1.31. The van der Waals surface area contributed by atoms with Crippen molar-refractivity contribution in [3.63, 3.8) is 0 Å². The predicted molar refractivity (Wildman–Crippen MR) is 97.3 cm³/mol. The summed E-state index contributed by atoms with van der Waals surface area (Å²) in [7, 11) is -4.27. The molecular formula is C16H16FN2O8PS. The Morgan fingerprint density at radius 3 is 2.97 bits per heavy atom. The standard InChI is InChI=1S/C16H16FN2O8PS/c17-16(8-25-28(23)24-7-9-3-1-2-4-10(9)27-28)13(22)12(21)14(26-16)19-6-5-11(20)18-15(19)29/h1-6,12-14,21-22H,7-8H2,(H,18,20,29)/t12-,13+,14-,16-,28?/m1/s1/i14D. The number of benzene rings is 1. The van der Waals surface area contributed by atoms with Crippen LogP contribution in [0.1, 0.15) is 13.1 Å². The molecule has 1 saturated heterocycles. The number of ether oxygens (including phenoxy) is 1. The van der Waals surface area contributed by atoms with E-state index in [1.54, 1.807) is 18.2 Å². The molecule has 1 aromatic carbocycles. The Morgan fingerprint density at radius 2 is 2.21 bits per heavy atom. The molecule has 4 rings (SSSR count). The fourth-order valence-electron chi connectivity index (χ4n) is 2.80. The van der Waals surface area contributed by atoms with E-state index in [0.717, 1.165) is 16.8 Å². The number of aliphatic hydroxyl groups excluding tert-OH is 2. The zero-order chi connectivity index (χ0) is 21.7. The summed E-state index contributed by atoms with van der Waals surface area (Å²) >= 11 is 4.91. The van der Waals surface area contributed by atoms with Crippen LogP contribution in [0, 0.1) is 4.77 Å². The van der Waals surface area contributed by atoms with Gasteiger partial charge in [-0.1, -0.05) is 18.2 Å². The van der Waals surface area contributed by atoms with Crippen LogP contribution in [0.2, 0.25) is 0 Å². The molecular weight excluding hydrogens is 430 g/mol. The van der Waals surface area contributed by atoms with Gasteiger partial charge in [0.15, 0.2) is 11.0 Å². The van der Waals surface area contributed by atoms with Crippen LogP contribution in [0.25, 0.3) is 0 Å². The molecule has 5 atom stereocenters. The van der Waals surface area contributed by atoms with Crippen molar-refractivity contribution < 1.29 is 38.8 Å². The number of aliphatic hydroxyl groups is 2. The van der Waals surface area contributed by atoms with Crippen LogP contribution < -0.4 is 10.1 Å². The summed E-state index contributed by atoms with van der Waals surface area (Å²) in [4.78, 5) is 13.5. The zero-order valence-corrected chi connectivity index (χ0v) is 16.3. The zero-order valence-electron chi connectivity index (χ0n) is 15.6. The summed E-state index contributed by atoms with van der Waals surface area (Å²) in [6.07, 6.45) is -6.07. The van der Waals surface area contributed by atoms with Gasteiger partial charge < -0.3 is 19.5 Å². The van der Waals surface area contributed by atoms with Crippen LogP contribution in [0.15, 0.2) is 41.3 Å². The smallest absolute Gasteiger partial charge is 0.404 e. The van der Waals surface area contributed by atoms with Crippen LogP contribution >= 0.6 is 20.0 Å². The highest BCUT2D eigenvalue weighted by Crippen LogP contribution is 2.55. The number of halogens is 1. The van der Waals surface area contributed by atoms with Gasteiger partial charge in [0.05, 0.1) is 7.98 Å². The number of hydrogen-bond acceptors (Lipinski definition) is 9. The van der Waals surface area contributed by atoms with Gasteiger partial charge in [-0.25, -0.2) is 8.96 Å². The molecule has 0 amide bonds. The summed E-state index contributed by atoms with van der Waals surface area (Å²) < 4.78 is 56.9. The highest BCUT2D eigenvalue weighted by molar-refractivity contribution is 7.71. The molecule has 0 bridgehead atoms. The summed E-state index contributed by atoms with van der Waals surface area (Å²) in [6, 6.07) is 7.53. The van der Waals surface area contributed by atoms with E-state index in [2.05, 4.69) is 4.98 Å². The molecule has 1 unspecified atom stereocenters. The molecule has 0 spiro atoms. The molecule has 29 heavy (non-hydrogen) atoms. The number of hydrogen-bond donors (Lipinski definition) is 3. The molecule has 2 aliphatic rings. The number of fused-ring (bicyclic) bond motifs is 1. The molecule has 156 valence electrons. The number of phosphoric ester groups is 1. The number of nitrogens with one attached hydrogen (secondary N) is 1. The Labute approximate surface area is 169 Å². The molecule has 13 heteroatoms. The van der Waals surface area contributed by atoms with E-state index in [4.69, 9.17) is 31.9 Å². The second kappa shape index (κ2) is 7.40. The predicted octanol–water partition coefficient (Wildman–Crippen LogP) is 1.56. The molecule has 3 heterocycles. The van der Waals surface area contributed by atoms with Crippen LogP contribution in [0.3, 0.4) is 0 Å². The van der Waals surface area contributed by atoms with Crippen molar-refractivity contribution in [3.8, 4) is 5.75 Å². The van der Waals surface area contributed by atoms with Gasteiger partial charge in [0.25, 0.3) is 11.4 Å². The normalized spacial score (nSPS) is 36.9. The average molecular weight is 447 g/mol. The molecule has 0 saturated carbocycles. The number of aromatic amines is 1. The molecule has 10 nitrogen and oxygen atoms in total. The van der Waals surface area contributed by atoms with E-state index in [0.29, 0.717) is 5.56 Å². The number of nitrogens with zero attached hydrogens (tertiary/aromatic N) is 1. The minimum atomic E-state index is -4.27. The van der Waals surface area contributed by atoms with Gasteiger partial charge in [0.2, 0.25) is 0 Å². The van der Waals surface area contributed by atoms with E-state index < -0.39 is 44.3 Å². The third kappa shape index (κ3) is 3.80. The SMILES string of the molecule is [2H][C@@]1(n2ccc(=O)[nH]c2=S)O[C@](F)(COP2(=O)OCc3ccccc3O2)[C@@H](O)[C@H]1O. The third-order valence-electron chi connectivity index (χ3n) is 4.31. The lowest BCUT2D eigenvalue weighted by Gasteiger charge is -2.28. The number of phosphoric acid groups is 1. The van der Waals surface area contributed by atoms with E-state index >= 15 is 4.39 Å². The minimum Gasteiger partial charge on any atom is -0.404 e. The van der Waals surface area contributed by atoms with Crippen molar-refractivity contribution in [1.82, 2.24) is 9.55 Å². The second-order valence-corrected chi connectivity index (χ2v) is 8.27. The van der Waals surface area contributed by atoms with Crippen LogP contribution in [-0.2, 0) is 25.0 Å². The van der Waals surface area contributed by atoms with Crippen molar-refractivity contribution in [2.24, 2.45) is 0 Å². The van der Waals surface area contributed by atoms with Crippen molar-refractivity contribution in [1.29, 1.82) is 0 Å². The maximum absolute atomic E-state index is 15.3. The van der Waals surface area contributed by atoms with Crippen molar-refractivity contribution >= 4 is 20.0 Å². The first kappa shape index (κ1) is 19.1. The van der Waals surface area contributed by atoms with Gasteiger partial charge in [-0.15, -0.1) is 0 Å². The highest BCUT2D eigenvalue weighted by atomic mass is 32.1. The summed E-state index contributed by atoms with van der Waals surface area (Å²) in [5.74, 6) is -2.95. The molecule has 3 N–H and O–H groups in total. The second-order valence-electron chi connectivity index (χ2n) is 6.29. The van der Waals surface area contributed by atoms with E-state index in [9.17, 15) is 19.6 Å². The number of para-hydroxylation sites is 1. The molecule has 1 fully saturated rings. The van der Waals surface area contributed by atoms with Gasteiger partial charge in [-0.2, -0.15) is 0 Å². The van der Waals surface area contributed by atoms with Gasteiger partial charge in [-0.05, 0) is 18.3 Å². The van der Waals surface area contributed by atoms with Crippen LogP contribution in [-0.4, -0.2) is 44.4 Å². The Hall–Kier alpha value is -1.92. The first-order valence-electron chi connectivity index (χ1n) is 8.81. The van der Waals surface area contributed by atoms with E-state index in [1.807, 2.05) is 0 Å². The maximum atomic E-state index is 15.3.